The summed E-state index contributed by atoms with van der Waals surface area (Å²) in [6.45, 7) is 10.4. The monoisotopic (exact) mass is 380 g/mol. The first-order valence-electron chi connectivity index (χ1n) is 9.38. The van der Waals surface area contributed by atoms with Crippen LogP contribution in [0.3, 0.4) is 0 Å². The van der Waals surface area contributed by atoms with E-state index in [0.29, 0.717) is 6.61 Å². The lowest BCUT2D eigenvalue weighted by Gasteiger charge is -2.18. The predicted molar refractivity (Wildman–Crippen MR) is 109 cm³/mol. The maximum absolute atomic E-state index is 11.2. The number of unbranched alkanes of at least 4 members (excludes halogenated alkanes) is 2. The van der Waals surface area contributed by atoms with E-state index < -0.39 is 5.91 Å². The van der Waals surface area contributed by atoms with Gasteiger partial charge in [-0.05, 0) is 43.3 Å². The molecule has 0 heterocycles. The van der Waals surface area contributed by atoms with Gasteiger partial charge in [-0.2, -0.15) is 0 Å². The number of carbonyl (C=O) groups excluding carboxylic acids is 1. The average Bonchev–Trinajstić information content (AvgIpc) is 2.67. The summed E-state index contributed by atoms with van der Waals surface area (Å²) in [5.74, 6) is 1.32. The van der Waals surface area contributed by atoms with Gasteiger partial charge < -0.3 is 9.64 Å². The first-order valence-corrected chi connectivity index (χ1v) is 10.4. The lowest BCUT2D eigenvalue weighted by atomic mass is 10.2. The third-order valence-electron chi connectivity index (χ3n) is 4.07. The molecule has 0 aliphatic heterocycles. The lowest BCUT2D eigenvalue weighted by Crippen LogP contribution is -2.25. The van der Waals surface area contributed by atoms with Crippen molar-refractivity contribution in [1.82, 2.24) is 10.4 Å². The smallest absolute Gasteiger partial charge is 0.267 e. The Kier molecular flexibility index (Phi) is 11.9. The lowest BCUT2D eigenvalue weighted by molar-refractivity contribution is -0.124. The molecule has 1 amide bonds. The molecule has 0 unspecified atom stereocenters. The van der Waals surface area contributed by atoms with Crippen LogP contribution in [0, 0.1) is 0 Å². The van der Waals surface area contributed by atoms with Crippen LogP contribution in [-0.4, -0.2) is 48.0 Å². The zero-order valence-electron chi connectivity index (χ0n) is 16.2. The zero-order chi connectivity index (χ0) is 19.2. The van der Waals surface area contributed by atoms with Crippen molar-refractivity contribution >= 4 is 23.7 Å². The molecular formula is C20H32N2O3S. The van der Waals surface area contributed by atoms with Crippen LogP contribution in [0.1, 0.15) is 45.6 Å². The van der Waals surface area contributed by atoms with Crippen molar-refractivity contribution in [2.24, 2.45) is 0 Å². The van der Waals surface area contributed by atoms with E-state index >= 15 is 0 Å². The van der Waals surface area contributed by atoms with Crippen LogP contribution in [0.15, 0.2) is 29.2 Å². The molecular weight excluding hydrogens is 348 g/mol. The van der Waals surface area contributed by atoms with E-state index in [2.05, 4.69) is 25.7 Å². The second-order valence-corrected chi connectivity index (χ2v) is 7.08. The van der Waals surface area contributed by atoms with Crippen LogP contribution >= 0.6 is 11.8 Å². The molecule has 0 bridgehead atoms. The number of ether oxygens (including phenoxy) is 1. The number of thioether (sulfide) groups is 1. The minimum Gasteiger partial charge on any atom is -0.492 e. The highest BCUT2D eigenvalue weighted by Crippen LogP contribution is 2.31. The molecule has 0 saturated carbocycles. The largest absolute Gasteiger partial charge is 0.492 e. The Hall–Kier alpha value is -1.50. The van der Waals surface area contributed by atoms with Crippen LogP contribution in [0.4, 0.5) is 0 Å². The van der Waals surface area contributed by atoms with Gasteiger partial charge in [0, 0.05) is 23.3 Å². The number of benzene rings is 1. The van der Waals surface area contributed by atoms with Crippen molar-refractivity contribution in [3.8, 4) is 5.75 Å². The fourth-order valence-electron chi connectivity index (χ4n) is 2.43. The number of hydrogen-bond donors (Lipinski definition) is 2. The van der Waals surface area contributed by atoms with Crippen molar-refractivity contribution in [1.29, 1.82) is 0 Å². The quantitative estimate of drug-likeness (QED) is 0.176. The molecule has 1 rings (SSSR count). The summed E-state index contributed by atoms with van der Waals surface area (Å²) in [5.41, 5.74) is 2.46. The summed E-state index contributed by atoms with van der Waals surface area (Å²) in [6.07, 6.45) is 6.31. The molecule has 146 valence electrons. The van der Waals surface area contributed by atoms with Gasteiger partial charge in [-0.25, -0.2) is 5.48 Å². The summed E-state index contributed by atoms with van der Waals surface area (Å²) in [5, 5.41) is 8.58. The maximum atomic E-state index is 11.2. The Morgan fingerprint density at radius 2 is 2.04 bits per heavy atom. The zero-order valence-corrected chi connectivity index (χ0v) is 17.0. The first-order chi connectivity index (χ1) is 12.6. The van der Waals surface area contributed by atoms with Crippen LogP contribution in [0.5, 0.6) is 5.75 Å². The van der Waals surface area contributed by atoms with E-state index in [1.165, 1.54) is 6.08 Å². The van der Waals surface area contributed by atoms with E-state index in [1.54, 1.807) is 23.3 Å². The van der Waals surface area contributed by atoms with E-state index in [9.17, 15) is 4.79 Å². The highest BCUT2D eigenvalue weighted by atomic mass is 32.2. The number of nitrogens with one attached hydrogen (secondary N) is 1. The molecule has 26 heavy (non-hydrogen) atoms. The van der Waals surface area contributed by atoms with Gasteiger partial charge in [-0.15, -0.1) is 11.8 Å². The number of carbonyl (C=O) groups is 1. The number of rotatable bonds is 13. The van der Waals surface area contributed by atoms with Crippen molar-refractivity contribution < 1.29 is 14.7 Å². The van der Waals surface area contributed by atoms with Crippen LogP contribution < -0.4 is 10.2 Å². The van der Waals surface area contributed by atoms with Crippen LogP contribution in [0.25, 0.3) is 6.08 Å². The van der Waals surface area contributed by atoms with Gasteiger partial charge in [0.25, 0.3) is 5.91 Å². The fraction of sp³-hybridized carbons (Fsp3) is 0.550. The van der Waals surface area contributed by atoms with Gasteiger partial charge in [-0.1, -0.05) is 39.7 Å². The summed E-state index contributed by atoms with van der Waals surface area (Å²) >= 11 is 1.80. The van der Waals surface area contributed by atoms with E-state index in [4.69, 9.17) is 9.94 Å². The topological polar surface area (TPSA) is 61.8 Å². The molecule has 1 aromatic rings. The SMILES string of the molecule is CCCCCOc1cc(/C=C/C(=O)NO)ccc1SCCN(CC)CC. The number of nitrogens with zero attached hydrogens (tertiary/aromatic N) is 1. The van der Waals surface area contributed by atoms with Gasteiger partial charge in [0.05, 0.1) is 6.61 Å². The Morgan fingerprint density at radius 3 is 2.69 bits per heavy atom. The Labute approximate surface area is 161 Å². The minimum absolute atomic E-state index is 0.548. The second kappa shape index (κ2) is 13.7. The highest BCUT2D eigenvalue weighted by Gasteiger charge is 2.07. The summed E-state index contributed by atoms with van der Waals surface area (Å²) < 4.78 is 6.00. The summed E-state index contributed by atoms with van der Waals surface area (Å²) in [7, 11) is 0. The molecule has 0 saturated heterocycles. The van der Waals surface area contributed by atoms with Crippen LogP contribution in [-0.2, 0) is 4.79 Å². The molecule has 5 nitrogen and oxygen atoms in total. The van der Waals surface area contributed by atoms with Gasteiger partial charge in [0.1, 0.15) is 5.75 Å². The van der Waals surface area contributed by atoms with Crippen LogP contribution in [0.2, 0.25) is 0 Å². The second-order valence-electron chi connectivity index (χ2n) is 5.95. The molecule has 0 radical (unpaired) electrons. The molecule has 6 heteroatoms. The van der Waals surface area contributed by atoms with Gasteiger partial charge in [0.2, 0.25) is 0 Å². The van der Waals surface area contributed by atoms with Crippen molar-refractivity contribution in [3.05, 3.63) is 29.8 Å². The molecule has 1 aromatic carbocycles. The van der Waals surface area contributed by atoms with E-state index in [0.717, 1.165) is 60.9 Å². The number of hydrogen-bond acceptors (Lipinski definition) is 5. The number of amides is 1. The third kappa shape index (κ3) is 8.74. The van der Waals surface area contributed by atoms with Gasteiger partial charge >= 0.3 is 0 Å². The normalized spacial score (nSPS) is 11.3. The third-order valence-corrected chi connectivity index (χ3v) is 5.11. The van der Waals surface area contributed by atoms with Crippen molar-refractivity contribution in [2.45, 2.75) is 44.9 Å². The summed E-state index contributed by atoms with van der Waals surface area (Å²) in [6, 6.07) is 5.95. The molecule has 0 aliphatic carbocycles. The van der Waals surface area contributed by atoms with Gasteiger partial charge in [0.15, 0.2) is 0 Å². The Bertz CT molecular complexity index is 560. The Balaban J connectivity index is 2.78. The molecule has 0 spiro atoms. The van der Waals surface area contributed by atoms with Gasteiger partial charge in [-0.3, -0.25) is 10.0 Å². The van der Waals surface area contributed by atoms with Crippen molar-refractivity contribution in [2.75, 3.05) is 32.0 Å². The Morgan fingerprint density at radius 1 is 1.27 bits per heavy atom. The maximum Gasteiger partial charge on any atom is 0.267 e. The molecule has 0 aromatic heterocycles. The molecule has 0 atom stereocenters. The first kappa shape index (κ1) is 22.5. The molecule has 2 N–H and O–H groups in total. The fourth-order valence-corrected chi connectivity index (χ4v) is 3.42. The van der Waals surface area contributed by atoms with E-state index in [1.807, 2.05) is 18.2 Å². The predicted octanol–water partition coefficient (Wildman–Crippen LogP) is 4.21. The molecule has 0 fully saturated rings. The average molecular weight is 381 g/mol. The minimum atomic E-state index is -0.548. The molecule has 0 aliphatic rings. The highest BCUT2D eigenvalue weighted by molar-refractivity contribution is 7.99. The van der Waals surface area contributed by atoms with E-state index in [-0.39, 0.29) is 0 Å². The summed E-state index contributed by atoms with van der Waals surface area (Å²) in [4.78, 5) is 14.7. The standard InChI is InChI=1S/C20H32N2O3S/c1-4-7-8-14-25-18-16-17(10-12-20(23)21-24)9-11-19(18)26-15-13-22(5-2)6-3/h9-12,16,24H,4-8,13-15H2,1-3H3,(H,21,23)/b12-10+. The number of hydroxylamine groups is 1. The van der Waals surface area contributed by atoms with Crippen molar-refractivity contribution in [3.63, 3.8) is 0 Å².